The van der Waals surface area contributed by atoms with Crippen LogP contribution in [0.1, 0.15) is 17.4 Å². The van der Waals surface area contributed by atoms with Crippen molar-refractivity contribution in [2.24, 2.45) is 0 Å². The lowest BCUT2D eigenvalue weighted by atomic mass is 10.3. The Hall–Kier alpha value is -2.05. The first kappa shape index (κ1) is 15.3. The fourth-order valence-corrected chi connectivity index (χ4v) is 1.72. The van der Waals surface area contributed by atoms with Gasteiger partial charge in [-0.2, -0.15) is 0 Å². The van der Waals surface area contributed by atoms with Gasteiger partial charge in [-0.25, -0.2) is 9.78 Å². The van der Waals surface area contributed by atoms with E-state index >= 15 is 0 Å². The summed E-state index contributed by atoms with van der Waals surface area (Å²) in [6.07, 6.45) is 1.85. The summed E-state index contributed by atoms with van der Waals surface area (Å²) in [5.74, 6) is -0.861. The van der Waals surface area contributed by atoms with E-state index in [1.165, 1.54) is 25.4 Å². The van der Waals surface area contributed by atoms with Crippen molar-refractivity contribution in [2.45, 2.75) is 13.0 Å². The highest BCUT2D eigenvalue weighted by Crippen LogP contribution is 2.12. The lowest BCUT2D eigenvalue weighted by Crippen LogP contribution is -2.30. The Morgan fingerprint density at radius 2 is 2.10 bits per heavy atom. The molecule has 1 unspecified atom stereocenters. The van der Waals surface area contributed by atoms with Gasteiger partial charge < -0.3 is 15.0 Å². The molecule has 0 radical (unpaired) electrons. The van der Waals surface area contributed by atoms with E-state index in [1.54, 1.807) is 12.1 Å². The van der Waals surface area contributed by atoms with Crippen molar-refractivity contribution in [1.82, 2.24) is 9.97 Å². The summed E-state index contributed by atoms with van der Waals surface area (Å²) in [7, 11) is 0. The van der Waals surface area contributed by atoms with Crippen LogP contribution in [-0.4, -0.2) is 27.9 Å². The SMILES string of the molecule is CC(OC(=O)c1cc(Cl)c[nH]1)C(=O)Nc1ccc(Cl)cn1. The molecular formula is C13H11Cl2N3O3. The second-order valence-corrected chi connectivity index (χ2v) is 5.00. The molecule has 1 atom stereocenters. The van der Waals surface area contributed by atoms with Crippen LogP contribution in [0.4, 0.5) is 5.82 Å². The van der Waals surface area contributed by atoms with E-state index < -0.39 is 18.0 Å². The average molecular weight is 328 g/mol. The van der Waals surface area contributed by atoms with Crippen molar-refractivity contribution >= 4 is 40.9 Å². The van der Waals surface area contributed by atoms with Crippen LogP contribution < -0.4 is 5.32 Å². The van der Waals surface area contributed by atoms with Crippen LogP contribution in [0.25, 0.3) is 0 Å². The number of aromatic amines is 1. The molecule has 2 aromatic rings. The smallest absolute Gasteiger partial charge is 0.355 e. The molecule has 6 nitrogen and oxygen atoms in total. The van der Waals surface area contributed by atoms with E-state index in [4.69, 9.17) is 27.9 Å². The summed E-state index contributed by atoms with van der Waals surface area (Å²) in [6.45, 7) is 1.45. The van der Waals surface area contributed by atoms with E-state index in [-0.39, 0.29) is 5.69 Å². The Morgan fingerprint density at radius 3 is 2.67 bits per heavy atom. The quantitative estimate of drug-likeness (QED) is 0.845. The Morgan fingerprint density at radius 1 is 1.33 bits per heavy atom. The Labute approximate surface area is 130 Å². The van der Waals surface area contributed by atoms with Crippen molar-refractivity contribution in [1.29, 1.82) is 0 Å². The molecule has 21 heavy (non-hydrogen) atoms. The molecule has 0 spiro atoms. The van der Waals surface area contributed by atoms with Crippen LogP contribution >= 0.6 is 23.2 Å². The number of halogens is 2. The third-order valence-electron chi connectivity index (χ3n) is 2.50. The highest BCUT2D eigenvalue weighted by molar-refractivity contribution is 6.31. The number of H-pyrrole nitrogens is 1. The molecule has 2 N–H and O–H groups in total. The highest BCUT2D eigenvalue weighted by Gasteiger charge is 2.20. The zero-order valence-corrected chi connectivity index (χ0v) is 12.4. The molecule has 2 rings (SSSR count). The number of esters is 1. The third kappa shape index (κ3) is 4.21. The molecular weight excluding hydrogens is 317 g/mol. The summed E-state index contributed by atoms with van der Waals surface area (Å²) in [5.41, 5.74) is 0.171. The van der Waals surface area contributed by atoms with Crippen LogP contribution in [0.5, 0.6) is 0 Å². The predicted molar refractivity (Wildman–Crippen MR) is 78.6 cm³/mol. The number of amides is 1. The molecule has 8 heteroatoms. The molecule has 110 valence electrons. The lowest BCUT2D eigenvalue weighted by Gasteiger charge is -2.12. The number of carbonyl (C=O) groups is 2. The molecule has 0 aliphatic heterocycles. The molecule has 0 saturated carbocycles. The Kier molecular flexibility index (Phi) is 4.82. The number of pyridine rings is 1. The van der Waals surface area contributed by atoms with E-state index in [0.717, 1.165) is 0 Å². The number of nitrogens with one attached hydrogen (secondary N) is 2. The number of anilines is 1. The van der Waals surface area contributed by atoms with Gasteiger partial charge in [0.25, 0.3) is 5.91 Å². The largest absolute Gasteiger partial charge is 0.448 e. The van der Waals surface area contributed by atoms with E-state index in [2.05, 4.69) is 15.3 Å². The summed E-state index contributed by atoms with van der Waals surface area (Å²) in [4.78, 5) is 30.2. The zero-order valence-electron chi connectivity index (χ0n) is 10.9. The van der Waals surface area contributed by atoms with Gasteiger partial charge >= 0.3 is 5.97 Å². The minimum atomic E-state index is -0.989. The van der Waals surface area contributed by atoms with Crippen molar-refractivity contribution in [2.75, 3.05) is 5.32 Å². The molecule has 1 amide bonds. The number of carbonyl (C=O) groups excluding carboxylic acids is 2. The second-order valence-electron chi connectivity index (χ2n) is 4.13. The van der Waals surface area contributed by atoms with Crippen molar-refractivity contribution in [3.63, 3.8) is 0 Å². The standard InChI is InChI=1S/C13H11Cl2N3O3/c1-7(21-13(20)10-4-9(15)6-16-10)12(19)18-11-3-2-8(14)5-17-11/h2-7,16H,1H3,(H,17,18,19). The van der Waals surface area contributed by atoms with Gasteiger partial charge in [-0.3, -0.25) is 4.79 Å². The molecule has 0 aliphatic carbocycles. The minimum absolute atomic E-state index is 0.171. The number of hydrogen-bond acceptors (Lipinski definition) is 4. The maximum absolute atomic E-state index is 11.9. The second kappa shape index (κ2) is 6.60. The minimum Gasteiger partial charge on any atom is -0.448 e. The monoisotopic (exact) mass is 327 g/mol. The molecule has 0 fully saturated rings. The van der Waals surface area contributed by atoms with Gasteiger partial charge in [0, 0.05) is 12.4 Å². The first-order valence-corrected chi connectivity index (χ1v) is 6.68. The first-order valence-electron chi connectivity index (χ1n) is 5.93. The number of ether oxygens (including phenoxy) is 1. The summed E-state index contributed by atoms with van der Waals surface area (Å²) in [5, 5.41) is 3.34. The van der Waals surface area contributed by atoms with E-state index in [1.807, 2.05) is 0 Å². The van der Waals surface area contributed by atoms with Crippen molar-refractivity contribution in [3.8, 4) is 0 Å². The number of rotatable bonds is 4. The van der Waals surface area contributed by atoms with Crippen LogP contribution in [0.15, 0.2) is 30.6 Å². The van der Waals surface area contributed by atoms with Gasteiger partial charge in [0.05, 0.1) is 10.0 Å². The molecule has 0 saturated heterocycles. The fraction of sp³-hybridized carbons (Fsp3) is 0.154. The predicted octanol–water partition coefficient (Wildman–Crippen LogP) is 2.90. The Balaban J connectivity index is 1.93. The van der Waals surface area contributed by atoms with Crippen molar-refractivity contribution in [3.05, 3.63) is 46.3 Å². The maximum atomic E-state index is 11.9. The summed E-state index contributed by atoms with van der Waals surface area (Å²) in [6, 6.07) is 4.54. The lowest BCUT2D eigenvalue weighted by molar-refractivity contribution is -0.123. The molecule has 2 heterocycles. The van der Waals surface area contributed by atoms with Gasteiger partial charge in [0.2, 0.25) is 0 Å². The maximum Gasteiger partial charge on any atom is 0.355 e. The van der Waals surface area contributed by atoms with Crippen molar-refractivity contribution < 1.29 is 14.3 Å². The van der Waals surface area contributed by atoms with Gasteiger partial charge in [-0.15, -0.1) is 0 Å². The zero-order chi connectivity index (χ0) is 15.4. The van der Waals surface area contributed by atoms with Crippen LogP contribution in [0, 0.1) is 0 Å². The van der Waals surface area contributed by atoms with E-state index in [9.17, 15) is 9.59 Å². The summed E-state index contributed by atoms with van der Waals surface area (Å²) < 4.78 is 5.01. The number of aromatic nitrogens is 2. The first-order chi connectivity index (χ1) is 9.95. The summed E-state index contributed by atoms with van der Waals surface area (Å²) >= 11 is 11.4. The third-order valence-corrected chi connectivity index (χ3v) is 2.94. The molecule has 0 aromatic carbocycles. The van der Waals surface area contributed by atoms with Gasteiger partial charge in [-0.05, 0) is 25.1 Å². The van der Waals surface area contributed by atoms with Crippen LogP contribution in [0.2, 0.25) is 10.0 Å². The number of nitrogens with zero attached hydrogens (tertiary/aromatic N) is 1. The highest BCUT2D eigenvalue weighted by atomic mass is 35.5. The topological polar surface area (TPSA) is 84.1 Å². The van der Waals surface area contributed by atoms with Gasteiger partial charge in [0.15, 0.2) is 6.10 Å². The molecule has 2 aromatic heterocycles. The van der Waals surface area contributed by atoms with E-state index in [0.29, 0.717) is 15.9 Å². The Bertz CT molecular complexity index is 655. The van der Waals surface area contributed by atoms with Gasteiger partial charge in [-0.1, -0.05) is 23.2 Å². The average Bonchev–Trinajstić information content (AvgIpc) is 2.88. The number of hydrogen-bond donors (Lipinski definition) is 2. The normalized spacial score (nSPS) is 11.8. The van der Waals surface area contributed by atoms with Crippen LogP contribution in [0.3, 0.4) is 0 Å². The molecule has 0 aliphatic rings. The van der Waals surface area contributed by atoms with Crippen LogP contribution in [-0.2, 0) is 9.53 Å². The fourth-order valence-electron chi connectivity index (χ4n) is 1.44. The molecule has 0 bridgehead atoms. The van der Waals surface area contributed by atoms with Gasteiger partial charge in [0.1, 0.15) is 11.5 Å².